The van der Waals surface area contributed by atoms with E-state index in [9.17, 15) is 13.6 Å². The van der Waals surface area contributed by atoms with Crippen molar-refractivity contribution in [3.05, 3.63) is 89.0 Å². The predicted molar refractivity (Wildman–Crippen MR) is 151 cm³/mol. The summed E-state index contributed by atoms with van der Waals surface area (Å²) in [4.78, 5) is 17.0. The van der Waals surface area contributed by atoms with Gasteiger partial charge in [-0.2, -0.15) is 0 Å². The van der Waals surface area contributed by atoms with Crippen LogP contribution in [0.25, 0.3) is 0 Å². The summed E-state index contributed by atoms with van der Waals surface area (Å²) >= 11 is 0. The van der Waals surface area contributed by atoms with E-state index in [1.165, 1.54) is 24.3 Å². The first-order chi connectivity index (χ1) is 19.4. The lowest BCUT2D eigenvalue weighted by molar-refractivity contribution is -0.136. The minimum atomic E-state index is -0.264. The van der Waals surface area contributed by atoms with Gasteiger partial charge in [-0.1, -0.05) is 37.1 Å². The van der Waals surface area contributed by atoms with Crippen LogP contribution in [-0.4, -0.2) is 63.2 Å². The number of hydrogen-bond acceptors (Lipinski definition) is 5. The van der Waals surface area contributed by atoms with Gasteiger partial charge in [0.2, 0.25) is 11.7 Å². The third-order valence-corrected chi connectivity index (χ3v) is 7.51. The van der Waals surface area contributed by atoms with E-state index in [1.54, 1.807) is 21.3 Å². The Hall–Kier alpha value is -3.65. The molecule has 0 bridgehead atoms. The van der Waals surface area contributed by atoms with Crippen molar-refractivity contribution in [3.8, 4) is 17.2 Å². The molecule has 0 spiro atoms. The largest absolute Gasteiger partial charge is 0.493 e. The minimum absolute atomic E-state index is 0.0847. The highest BCUT2D eigenvalue weighted by Gasteiger charge is 2.25. The molecule has 0 N–H and O–H groups in total. The number of halogens is 2. The van der Waals surface area contributed by atoms with Gasteiger partial charge in [0.1, 0.15) is 11.6 Å². The average molecular weight is 553 g/mol. The Bertz CT molecular complexity index is 1180. The van der Waals surface area contributed by atoms with Crippen LogP contribution in [0, 0.1) is 11.6 Å². The predicted octanol–water partition coefficient (Wildman–Crippen LogP) is 6.03. The van der Waals surface area contributed by atoms with Crippen LogP contribution in [0.15, 0.2) is 60.7 Å². The van der Waals surface area contributed by atoms with E-state index in [4.69, 9.17) is 14.2 Å². The third-order valence-electron chi connectivity index (χ3n) is 7.51. The molecule has 0 saturated carbocycles. The van der Waals surface area contributed by atoms with E-state index >= 15 is 0 Å². The maximum Gasteiger partial charge on any atom is 0.237 e. The maximum absolute atomic E-state index is 13.5. The second-order valence-corrected chi connectivity index (χ2v) is 10.1. The standard InChI is InChI=1S/C32H38F2N2O4/c1-38-29-19-23(20-30(39-2)32(29)40-3)21-36-18-17-35(22-31(36)37)16-6-4-5-7-28(24-8-12-26(33)13-9-24)25-10-14-27(34)15-11-25/h8-15,19-20,28H,4-7,16-18,21-22H2,1-3H3. The van der Waals surface area contributed by atoms with Gasteiger partial charge in [0.15, 0.2) is 11.5 Å². The zero-order valence-electron chi connectivity index (χ0n) is 23.5. The van der Waals surface area contributed by atoms with E-state index in [1.807, 2.05) is 41.3 Å². The number of methoxy groups -OCH3 is 3. The second-order valence-electron chi connectivity index (χ2n) is 10.1. The minimum Gasteiger partial charge on any atom is -0.493 e. The number of amides is 1. The fourth-order valence-corrected chi connectivity index (χ4v) is 5.34. The van der Waals surface area contributed by atoms with Crippen LogP contribution in [-0.2, 0) is 11.3 Å². The fourth-order valence-electron chi connectivity index (χ4n) is 5.34. The number of unbranched alkanes of at least 4 members (excludes halogenated alkanes) is 2. The number of ether oxygens (including phenoxy) is 3. The van der Waals surface area contributed by atoms with E-state index in [0.29, 0.717) is 36.9 Å². The Morgan fingerprint density at radius 3 is 1.85 bits per heavy atom. The molecule has 4 rings (SSSR count). The second kappa shape index (κ2) is 14.1. The summed E-state index contributed by atoms with van der Waals surface area (Å²) in [6.45, 7) is 3.23. The van der Waals surface area contributed by atoms with Crippen LogP contribution >= 0.6 is 0 Å². The zero-order chi connectivity index (χ0) is 28.5. The van der Waals surface area contributed by atoms with Crippen molar-refractivity contribution < 1.29 is 27.8 Å². The Kier molecular flexibility index (Phi) is 10.4. The highest BCUT2D eigenvalue weighted by molar-refractivity contribution is 5.79. The lowest BCUT2D eigenvalue weighted by atomic mass is 9.87. The van der Waals surface area contributed by atoms with E-state index in [-0.39, 0.29) is 23.5 Å². The van der Waals surface area contributed by atoms with Gasteiger partial charge in [0.25, 0.3) is 0 Å². The number of nitrogens with zero attached hydrogens (tertiary/aromatic N) is 2. The van der Waals surface area contributed by atoms with Crippen LogP contribution in [0.3, 0.4) is 0 Å². The number of hydrogen-bond donors (Lipinski definition) is 0. The number of benzene rings is 3. The van der Waals surface area contributed by atoms with Crippen molar-refractivity contribution >= 4 is 5.91 Å². The van der Waals surface area contributed by atoms with Crippen molar-refractivity contribution in [1.82, 2.24) is 9.80 Å². The van der Waals surface area contributed by atoms with E-state index in [2.05, 4.69) is 4.90 Å². The van der Waals surface area contributed by atoms with E-state index < -0.39 is 0 Å². The Balaban J connectivity index is 1.25. The van der Waals surface area contributed by atoms with Crippen molar-refractivity contribution in [1.29, 1.82) is 0 Å². The monoisotopic (exact) mass is 552 g/mol. The van der Waals surface area contributed by atoms with Crippen molar-refractivity contribution in [3.63, 3.8) is 0 Å². The van der Waals surface area contributed by atoms with Crippen LogP contribution in [0.4, 0.5) is 8.78 Å². The molecule has 3 aromatic rings. The number of rotatable bonds is 13. The highest BCUT2D eigenvalue weighted by Crippen LogP contribution is 2.38. The lowest BCUT2D eigenvalue weighted by Crippen LogP contribution is -2.50. The summed E-state index contributed by atoms with van der Waals surface area (Å²) in [6, 6.07) is 16.9. The first-order valence-corrected chi connectivity index (χ1v) is 13.7. The molecule has 1 aliphatic heterocycles. The van der Waals surface area contributed by atoms with Gasteiger partial charge in [-0.15, -0.1) is 0 Å². The Morgan fingerprint density at radius 2 is 1.35 bits per heavy atom. The normalized spacial score (nSPS) is 14.1. The molecule has 214 valence electrons. The molecule has 1 saturated heterocycles. The SMILES string of the molecule is COc1cc(CN2CCN(CCCCCC(c3ccc(F)cc3)c3ccc(F)cc3)CC2=O)cc(OC)c1OC. The number of piperazine rings is 1. The van der Waals surface area contributed by atoms with Gasteiger partial charge in [0.05, 0.1) is 27.9 Å². The summed E-state index contributed by atoms with van der Waals surface area (Å²) < 4.78 is 43.3. The summed E-state index contributed by atoms with van der Waals surface area (Å²) in [5, 5.41) is 0. The summed E-state index contributed by atoms with van der Waals surface area (Å²) in [6.07, 6.45) is 3.87. The Morgan fingerprint density at radius 1 is 0.775 bits per heavy atom. The van der Waals surface area contributed by atoms with Crippen molar-refractivity contribution in [2.45, 2.75) is 38.1 Å². The van der Waals surface area contributed by atoms with Gasteiger partial charge in [-0.3, -0.25) is 9.69 Å². The van der Waals surface area contributed by atoms with Crippen LogP contribution in [0.5, 0.6) is 17.2 Å². The lowest BCUT2D eigenvalue weighted by Gasteiger charge is -2.34. The van der Waals surface area contributed by atoms with Gasteiger partial charge < -0.3 is 19.1 Å². The molecule has 0 aliphatic carbocycles. The molecule has 0 unspecified atom stereocenters. The molecule has 0 atom stereocenters. The molecule has 1 aliphatic rings. The average Bonchev–Trinajstić information content (AvgIpc) is 2.97. The molecule has 1 amide bonds. The Labute approximate surface area is 235 Å². The molecule has 8 heteroatoms. The molecule has 6 nitrogen and oxygen atoms in total. The van der Waals surface area contributed by atoms with Crippen molar-refractivity contribution in [2.24, 2.45) is 0 Å². The molecular formula is C32H38F2N2O4. The summed E-state index contributed by atoms with van der Waals surface area (Å²) in [5.41, 5.74) is 2.98. The first-order valence-electron chi connectivity index (χ1n) is 13.7. The summed E-state index contributed by atoms with van der Waals surface area (Å²) in [7, 11) is 4.73. The zero-order valence-corrected chi connectivity index (χ0v) is 23.5. The molecule has 1 fully saturated rings. The molecule has 3 aromatic carbocycles. The number of carbonyl (C=O) groups is 1. The number of carbonyl (C=O) groups excluding carboxylic acids is 1. The highest BCUT2D eigenvalue weighted by atomic mass is 19.1. The molecular weight excluding hydrogens is 514 g/mol. The topological polar surface area (TPSA) is 51.2 Å². The van der Waals surface area contributed by atoms with Crippen LogP contribution in [0.1, 0.15) is 48.3 Å². The molecule has 40 heavy (non-hydrogen) atoms. The smallest absolute Gasteiger partial charge is 0.237 e. The third kappa shape index (κ3) is 7.50. The molecule has 1 heterocycles. The molecule has 0 radical (unpaired) electrons. The van der Waals surface area contributed by atoms with Crippen LogP contribution < -0.4 is 14.2 Å². The molecule has 0 aromatic heterocycles. The summed E-state index contributed by atoms with van der Waals surface area (Å²) in [5.74, 6) is 1.34. The van der Waals surface area contributed by atoms with Gasteiger partial charge >= 0.3 is 0 Å². The first kappa shape index (κ1) is 29.3. The fraction of sp³-hybridized carbons (Fsp3) is 0.406. The maximum atomic E-state index is 13.5. The van der Waals surface area contributed by atoms with Crippen LogP contribution in [0.2, 0.25) is 0 Å². The van der Waals surface area contributed by atoms with Gasteiger partial charge in [-0.25, -0.2) is 8.78 Å². The van der Waals surface area contributed by atoms with Gasteiger partial charge in [-0.05, 0) is 72.5 Å². The van der Waals surface area contributed by atoms with Crippen molar-refractivity contribution in [2.75, 3.05) is 47.5 Å². The van der Waals surface area contributed by atoms with Gasteiger partial charge in [0, 0.05) is 25.6 Å². The van der Waals surface area contributed by atoms with E-state index in [0.717, 1.165) is 55.5 Å². The quantitative estimate of drug-likeness (QED) is 0.243.